The number of amides is 1. The van der Waals surface area contributed by atoms with Crippen molar-refractivity contribution in [2.75, 3.05) is 25.5 Å². The van der Waals surface area contributed by atoms with E-state index in [-0.39, 0.29) is 23.0 Å². The number of aromatic amines is 1. The predicted molar refractivity (Wildman–Crippen MR) is 173 cm³/mol. The van der Waals surface area contributed by atoms with Crippen LogP contribution in [-0.4, -0.2) is 67.2 Å². The van der Waals surface area contributed by atoms with Crippen molar-refractivity contribution >= 4 is 26.5 Å². The minimum Gasteiger partial charge on any atom is -0.363 e. The number of aryl methyl sites for hydroxylation is 1. The number of allylic oxidation sites excluding steroid dienone is 8. The van der Waals surface area contributed by atoms with Gasteiger partial charge in [0.25, 0.3) is 0 Å². The van der Waals surface area contributed by atoms with Crippen LogP contribution in [0.15, 0.2) is 85.0 Å². The van der Waals surface area contributed by atoms with Crippen molar-refractivity contribution in [3.05, 3.63) is 102 Å². The molecule has 0 aliphatic carbocycles. The summed E-state index contributed by atoms with van der Waals surface area (Å²) in [6, 6.07) is 1.55. The molecule has 2 aromatic rings. The number of nitrogens with zero attached hydrogens (tertiary/aromatic N) is 5. The molecule has 1 aliphatic heterocycles. The van der Waals surface area contributed by atoms with Crippen LogP contribution in [0, 0.1) is 6.92 Å². The van der Waals surface area contributed by atoms with Crippen LogP contribution >= 0.6 is 9.24 Å². The Bertz CT molecular complexity index is 1390. The van der Waals surface area contributed by atoms with E-state index >= 15 is 0 Å². The van der Waals surface area contributed by atoms with E-state index < -0.39 is 0 Å². The van der Waals surface area contributed by atoms with Crippen LogP contribution in [0.25, 0.3) is 5.57 Å². The van der Waals surface area contributed by atoms with E-state index in [0.29, 0.717) is 11.6 Å². The number of aromatic nitrogens is 4. The number of likely N-dealkylation sites (tertiary alicyclic amines) is 1. The Balaban J connectivity index is 1.70. The van der Waals surface area contributed by atoms with E-state index in [1.54, 1.807) is 18.3 Å². The number of likely N-dealkylation sites (N-methyl/N-ethyl adjacent to an activating group) is 1. The third-order valence-electron chi connectivity index (χ3n) is 7.31. The topological polar surface area (TPSA) is 90.0 Å². The third-order valence-corrected chi connectivity index (χ3v) is 7.67. The molecule has 0 saturated carbocycles. The van der Waals surface area contributed by atoms with Gasteiger partial charge in [-0.05, 0) is 63.1 Å². The molecule has 1 aliphatic rings. The summed E-state index contributed by atoms with van der Waals surface area (Å²) in [5, 5.41) is 10.5. The van der Waals surface area contributed by atoms with Gasteiger partial charge >= 0.3 is 0 Å². The number of hydrogen-bond donors (Lipinski definition) is 2. The number of rotatable bonds is 12. The van der Waals surface area contributed by atoms with Crippen LogP contribution < -0.4 is 5.32 Å². The zero-order valence-electron chi connectivity index (χ0n) is 25.4. The van der Waals surface area contributed by atoms with Gasteiger partial charge < -0.3 is 15.1 Å². The maximum atomic E-state index is 13.0. The molecule has 0 bridgehead atoms. The molecule has 9 heteroatoms. The highest BCUT2D eigenvalue weighted by molar-refractivity contribution is 7.19. The average Bonchev–Trinajstić information content (AvgIpc) is 3.37. The maximum absolute atomic E-state index is 13.0. The summed E-state index contributed by atoms with van der Waals surface area (Å²) >= 11 is 0. The number of H-pyrrole nitrogens is 1. The zero-order valence-corrected chi connectivity index (χ0v) is 26.6. The van der Waals surface area contributed by atoms with E-state index in [9.17, 15) is 4.79 Å². The number of carbonyl (C=O) groups excluding carboxylic acids is 1. The van der Waals surface area contributed by atoms with Crippen molar-refractivity contribution in [1.82, 2.24) is 30.0 Å². The molecule has 1 saturated heterocycles. The average molecular weight is 574 g/mol. The molecular formula is C32H44N7OP. The summed E-state index contributed by atoms with van der Waals surface area (Å²) in [6.45, 7) is 21.7. The number of anilines is 1. The van der Waals surface area contributed by atoms with Crippen molar-refractivity contribution in [3.63, 3.8) is 0 Å². The molecule has 8 nitrogen and oxygen atoms in total. The summed E-state index contributed by atoms with van der Waals surface area (Å²) in [5.74, 6) is 1.47. The first-order valence-electron chi connectivity index (χ1n) is 13.8. The van der Waals surface area contributed by atoms with Crippen LogP contribution in [-0.2, 0) is 4.79 Å². The predicted octanol–water partition coefficient (Wildman–Crippen LogP) is 6.01. The quantitative estimate of drug-likeness (QED) is 0.239. The van der Waals surface area contributed by atoms with Crippen LogP contribution in [0.1, 0.15) is 57.6 Å². The van der Waals surface area contributed by atoms with Gasteiger partial charge in [0.1, 0.15) is 17.7 Å². The fourth-order valence-corrected chi connectivity index (χ4v) is 5.13. The minimum atomic E-state index is -0.287. The van der Waals surface area contributed by atoms with Crippen molar-refractivity contribution in [1.29, 1.82) is 0 Å². The zero-order chi connectivity index (χ0) is 30.3. The smallest absolute Gasteiger partial charge is 0.245 e. The highest BCUT2D eigenvalue weighted by Gasteiger charge is 2.39. The Morgan fingerprint density at radius 2 is 1.95 bits per heavy atom. The number of carbonyl (C=O) groups is 1. The molecule has 3 rings (SSSR count). The van der Waals surface area contributed by atoms with Gasteiger partial charge in [-0.1, -0.05) is 45.2 Å². The third kappa shape index (κ3) is 8.14. The van der Waals surface area contributed by atoms with Gasteiger partial charge in [-0.3, -0.25) is 9.89 Å². The lowest BCUT2D eigenvalue weighted by Gasteiger charge is -2.47. The molecule has 2 aromatic heterocycles. The fourth-order valence-electron chi connectivity index (χ4n) is 4.69. The minimum absolute atomic E-state index is 0.0367. The van der Waals surface area contributed by atoms with Crippen molar-refractivity contribution in [3.8, 4) is 0 Å². The first-order valence-corrected chi connectivity index (χ1v) is 14.4. The van der Waals surface area contributed by atoms with Crippen molar-refractivity contribution < 1.29 is 4.79 Å². The molecule has 1 fully saturated rings. The van der Waals surface area contributed by atoms with E-state index in [4.69, 9.17) is 4.98 Å². The molecule has 0 radical (unpaired) electrons. The second kappa shape index (κ2) is 13.7. The largest absolute Gasteiger partial charge is 0.363 e. The van der Waals surface area contributed by atoms with Gasteiger partial charge in [0.15, 0.2) is 0 Å². The molecular weight excluding hydrogens is 529 g/mol. The van der Waals surface area contributed by atoms with E-state index in [1.807, 2.05) is 75.0 Å². The Labute approximate surface area is 247 Å². The van der Waals surface area contributed by atoms with Gasteiger partial charge in [0.05, 0.1) is 6.20 Å². The SMILES string of the molecule is C=C/C(=C\C=C(/C)c1cn[nH]c1C)Nc1ccnc(C(C)/C=C\C(C)=C(/C=C)N(C)C(C)C(=O)N2CC(C)(P)C2)n1. The van der Waals surface area contributed by atoms with E-state index in [1.165, 1.54) is 0 Å². The van der Waals surface area contributed by atoms with Gasteiger partial charge in [-0.15, -0.1) is 9.24 Å². The summed E-state index contributed by atoms with van der Waals surface area (Å²) < 4.78 is 0. The molecule has 3 atom stereocenters. The summed E-state index contributed by atoms with van der Waals surface area (Å²) in [6.07, 6.45) is 15.2. The van der Waals surface area contributed by atoms with E-state index in [0.717, 1.165) is 46.9 Å². The highest BCUT2D eigenvalue weighted by atomic mass is 31.0. The normalized spacial score (nSPS) is 17.4. The lowest BCUT2D eigenvalue weighted by Crippen LogP contribution is -2.61. The molecule has 3 unspecified atom stereocenters. The molecule has 1 amide bonds. The van der Waals surface area contributed by atoms with Crippen LogP contribution in [0.4, 0.5) is 5.82 Å². The maximum Gasteiger partial charge on any atom is 0.245 e. The van der Waals surface area contributed by atoms with Crippen LogP contribution in [0.2, 0.25) is 0 Å². The Morgan fingerprint density at radius 1 is 1.24 bits per heavy atom. The van der Waals surface area contributed by atoms with Crippen molar-refractivity contribution in [2.24, 2.45) is 0 Å². The number of nitrogens with one attached hydrogen (secondary N) is 2. The molecule has 0 spiro atoms. The monoisotopic (exact) mass is 573 g/mol. The Morgan fingerprint density at radius 3 is 2.54 bits per heavy atom. The molecule has 3 heterocycles. The Hall–Kier alpha value is -3.77. The summed E-state index contributed by atoms with van der Waals surface area (Å²) in [4.78, 5) is 26.1. The van der Waals surface area contributed by atoms with Gasteiger partial charge in [0, 0.05) is 60.1 Å². The molecule has 218 valence electrons. The van der Waals surface area contributed by atoms with Crippen LogP contribution in [0.3, 0.4) is 0 Å². The van der Waals surface area contributed by atoms with Crippen LogP contribution in [0.5, 0.6) is 0 Å². The van der Waals surface area contributed by atoms with Gasteiger partial charge in [-0.25, -0.2) is 9.97 Å². The summed E-state index contributed by atoms with van der Waals surface area (Å²) in [5.41, 5.74) is 5.93. The molecule has 0 aromatic carbocycles. The first kappa shape index (κ1) is 31.8. The second-order valence-electron chi connectivity index (χ2n) is 11.1. The van der Waals surface area contributed by atoms with Crippen molar-refractivity contribution in [2.45, 2.75) is 58.7 Å². The van der Waals surface area contributed by atoms with Gasteiger partial charge in [0.2, 0.25) is 5.91 Å². The first-order chi connectivity index (χ1) is 19.4. The molecule has 41 heavy (non-hydrogen) atoms. The van der Waals surface area contributed by atoms with E-state index in [2.05, 4.69) is 62.8 Å². The molecule has 2 N–H and O–H groups in total. The lowest BCUT2D eigenvalue weighted by molar-refractivity contribution is -0.140. The summed E-state index contributed by atoms with van der Waals surface area (Å²) in [7, 11) is 4.78. The second-order valence-corrected chi connectivity index (χ2v) is 12.5. The standard InChI is InChI=1S/C32H44N7OP/c1-10-26(15-14-21(3)27-18-34-37-24(27)6)35-29-16-17-33-30(36-29)23(5)13-12-22(4)28(11-2)38(9)25(7)31(40)39-19-32(8,41)20-39/h10-18,23,25H,1-2,19-20,41H2,3-9H3,(H,34,37)(H,33,35,36)/b13-12-,21-14+,26-15+,28-22+. The highest BCUT2D eigenvalue weighted by Crippen LogP contribution is 2.31. The Kier molecular flexibility index (Phi) is 10.6. The fraction of sp³-hybridized carbons (Fsp3) is 0.375. The number of hydrogen-bond acceptors (Lipinski definition) is 6. The van der Waals surface area contributed by atoms with Gasteiger partial charge in [-0.2, -0.15) is 5.10 Å². The lowest BCUT2D eigenvalue weighted by atomic mass is 10.00.